The van der Waals surface area contributed by atoms with Gasteiger partial charge in [0.25, 0.3) is 0 Å². The van der Waals surface area contributed by atoms with Gasteiger partial charge in [-0.05, 0) is 31.4 Å². The Morgan fingerprint density at radius 1 is 1.44 bits per heavy atom. The van der Waals surface area contributed by atoms with Gasteiger partial charge in [0, 0.05) is 19.3 Å². The first-order valence-electron chi connectivity index (χ1n) is 6.23. The van der Waals surface area contributed by atoms with Crippen molar-refractivity contribution in [1.82, 2.24) is 14.7 Å². The first-order chi connectivity index (χ1) is 8.68. The second kappa shape index (κ2) is 4.53. The third-order valence-corrected chi connectivity index (χ3v) is 3.91. The van der Waals surface area contributed by atoms with Gasteiger partial charge in [-0.1, -0.05) is 17.7 Å². The van der Waals surface area contributed by atoms with Crippen molar-refractivity contribution in [2.45, 2.75) is 31.4 Å². The topological polar surface area (TPSA) is 49.6 Å². The van der Waals surface area contributed by atoms with Crippen molar-refractivity contribution in [3.63, 3.8) is 0 Å². The van der Waals surface area contributed by atoms with Crippen molar-refractivity contribution in [2.24, 2.45) is 0 Å². The minimum atomic E-state index is -0.507. The molecular weight excluding hydrogens is 250 g/mol. The molecule has 0 bridgehead atoms. The van der Waals surface area contributed by atoms with E-state index in [1.807, 2.05) is 28.8 Å². The van der Waals surface area contributed by atoms with E-state index in [0.29, 0.717) is 18.2 Å². The van der Waals surface area contributed by atoms with Crippen molar-refractivity contribution >= 4 is 17.2 Å². The van der Waals surface area contributed by atoms with Crippen LogP contribution < -0.4 is 5.32 Å². The van der Waals surface area contributed by atoms with Gasteiger partial charge in [0.15, 0.2) is 5.15 Å². The van der Waals surface area contributed by atoms with E-state index < -0.39 is 5.60 Å². The maximum atomic E-state index is 10.0. The van der Waals surface area contributed by atoms with Gasteiger partial charge in [0.2, 0.25) is 0 Å². The first kappa shape index (κ1) is 12.0. The smallest absolute Gasteiger partial charge is 0.152 e. The molecule has 3 rings (SSSR count). The molecule has 0 radical (unpaired) electrons. The summed E-state index contributed by atoms with van der Waals surface area (Å²) < 4.78 is 1.97. The van der Waals surface area contributed by atoms with Gasteiger partial charge in [-0.2, -0.15) is 0 Å². The molecule has 1 aliphatic rings. The molecule has 2 heterocycles. The van der Waals surface area contributed by atoms with Crippen molar-refractivity contribution in [3.8, 4) is 0 Å². The zero-order valence-electron chi connectivity index (χ0n) is 10.1. The molecule has 18 heavy (non-hydrogen) atoms. The summed E-state index contributed by atoms with van der Waals surface area (Å²) in [7, 11) is 0. The zero-order chi connectivity index (χ0) is 12.6. The van der Waals surface area contributed by atoms with Gasteiger partial charge in [0.1, 0.15) is 5.65 Å². The average molecular weight is 266 g/mol. The highest BCUT2D eigenvalue weighted by molar-refractivity contribution is 6.30. The molecule has 4 nitrogen and oxygen atoms in total. The fraction of sp³-hybridized carbons (Fsp3) is 0.462. The van der Waals surface area contributed by atoms with Gasteiger partial charge >= 0.3 is 0 Å². The summed E-state index contributed by atoms with van der Waals surface area (Å²) in [4.78, 5) is 4.29. The Hall–Kier alpha value is -1.10. The summed E-state index contributed by atoms with van der Waals surface area (Å²) >= 11 is 6.13. The molecule has 0 unspecified atom stereocenters. The first-order valence-corrected chi connectivity index (χ1v) is 6.60. The van der Waals surface area contributed by atoms with Gasteiger partial charge in [-0.15, -0.1) is 0 Å². The molecule has 0 aliphatic heterocycles. The van der Waals surface area contributed by atoms with E-state index in [9.17, 15) is 5.11 Å². The number of halogens is 1. The maximum absolute atomic E-state index is 10.0. The van der Waals surface area contributed by atoms with Crippen molar-refractivity contribution in [1.29, 1.82) is 0 Å². The van der Waals surface area contributed by atoms with Crippen LogP contribution in [0.3, 0.4) is 0 Å². The van der Waals surface area contributed by atoms with Crippen LogP contribution >= 0.6 is 11.6 Å². The predicted octanol–water partition coefficient (Wildman–Crippen LogP) is 1.99. The Kier molecular flexibility index (Phi) is 3.01. The summed E-state index contributed by atoms with van der Waals surface area (Å²) in [5, 5.41) is 13.8. The fourth-order valence-corrected chi connectivity index (χ4v) is 2.60. The van der Waals surface area contributed by atoms with Crippen molar-refractivity contribution in [3.05, 3.63) is 35.2 Å². The summed E-state index contributed by atoms with van der Waals surface area (Å²) in [6, 6.07) is 5.82. The number of hydrogen-bond acceptors (Lipinski definition) is 3. The third-order valence-electron chi connectivity index (χ3n) is 3.61. The van der Waals surface area contributed by atoms with Crippen molar-refractivity contribution < 1.29 is 5.11 Å². The number of nitrogens with one attached hydrogen (secondary N) is 1. The Balaban J connectivity index is 1.72. The SMILES string of the molecule is OC1(CNCc2c(Cl)nc3ccccn23)CCC1. The molecule has 0 aromatic carbocycles. The molecule has 0 amide bonds. The van der Waals surface area contributed by atoms with Crippen LogP contribution in [0.25, 0.3) is 5.65 Å². The number of aromatic nitrogens is 2. The average Bonchev–Trinajstić information content (AvgIpc) is 2.64. The van der Waals surface area contributed by atoms with Crippen LogP contribution in [0.4, 0.5) is 0 Å². The van der Waals surface area contributed by atoms with E-state index in [0.717, 1.165) is 30.6 Å². The quantitative estimate of drug-likeness (QED) is 0.889. The van der Waals surface area contributed by atoms with E-state index in [1.165, 1.54) is 0 Å². The molecule has 2 N–H and O–H groups in total. The summed E-state index contributed by atoms with van der Waals surface area (Å²) in [5.74, 6) is 0. The summed E-state index contributed by atoms with van der Waals surface area (Å²) in [5.41, 5.74) is 1.28. The molecule has 0 saturated heterocycles. The molecule has 5 heteroatoms. The number of rotatable bonds is 4. The lowest BCUT2D eigenvalue weighted by Crippen LogP contribution is -2.46. The highest BCUT2D eigenvalue weighted by Crippen LogP contribution is 2.30. The highest BCUT2D eigenvalue weighted by Gasteiger charge is 2.33. The fourth-order valence-electron chi connectivity index (χ4n) is 2.35. The Labute approximate surface area is 111 Å². The molecule has 0 atom stereocenters. The number of fused-ring (bicyclic) bond motifs is 1. The van der Waals surface area contributed by atoms with Gasteiger partial charge in [0.05, 0.1) is 11.3 Å². The lowest BCUT2D eigenvalue weighted by Gasteiger charge is -2.36. The monoisotopic (exact) mass is 265 g/mol. The largest absolute Gasteiger partial charge is 0.389 e. The second-order valence-electron chi connectivity index (χ2n) is 4.96. The molecule has 1 saturated carbocycles. The van der Waals surface area contributed by atoms with Gasteiger partial charge in [-0.3, -0.25) is 0 Å². The number of hydrogen-bond donors (Lipinski definition) is 2. The number of aliphatic hydroxyl groups is 1. The lowest BCUT2D eigenvalue weighted by atomic mass is 9.80. The van der Waals surface area contributed by atoms with Crippen LogP contribution in [0.15, 0.2) is 24.4 Å². The Morgan fingerprint density at radius 3 is 3.00 bits per heavy atom. The molecular formula is C13H16ClN3O. The van der Waals surface area contributed by atoms with Crippen LogP contribution in [0, 0.1) is 0 Å². The van der Waals surface area contributed by atoms with Crippen LogP contribution in [0.2, 0.25) is 5.15 Å². The minimum absolute atomic E-state index is 0.507. The standard InChI is InChI=1S/C13H16ClN3O/c14-12-10(8-15-9-13(18)5-3-6-13)17-7-2-1-4-11(17)16-12/h1-2,4,7,15,18H,3,5-6,8-9H2. The molecule has 96 valence electrons. The number of nitrogens with zero attached hydrogens (tertiary/aromatic N) is 2. The Bertz CT molecular complexity index is 562. The predicted molar refractivity (Wildman–Crippen MR) is 70.7 cm³/mol. The molecule has 0 spiro atoms. The van der Waals surface area contributed by atoms with Gasteiger partial charge in [-0.25, -0.2) is 4.98 Å². The van der Waals surface area contributed by atoms with Gasteiger partial charge < -0.3 is 14.8 Å². The van der Waals surface area contributed by atoms with Crippen LogP contribution in [0.5, 0.6) is 0 Å². The van der Waals surface area contributed by atoms with Crippen molar-refractivity contribution in [2.75, 3.05) is 6.54 Å². The third kappa shape index (κ3) is 2.11. The second-order valence-corrected chi connectivity index (χ2v) is 5.32. The minimum Gasteiger partial charge on any atom is -0.389 e. The summed E-state index contributed by atoms with van der Waals surface area (Å²) in [6.07, 6.45) is 4.85. The van der Waals surface area contributed by atoms with Crippen LogP contribution in [0.1, 0.15) is 25.0 Å². The van der Waals surface area contributed by atoms with Crippen LogP contribution in [-0.4, -0.2) is 26.6 Å². The van der Waals surface area contributed by atoms with E-state index in [2.05, 4.69) is 10.3 Å². The highest BCUT2D eigenvalue weighted by atomic mass is 35.5. The molecule has 1 fully saturated rings. The normalized spacial score (nSPS) is 17.9. The summed E-state index contributed by atoms with van der Waals surface area (Å²) in [6.45, 7) is 1.23. The molecule has 2 aromatic heterocycles. The van der Waals surface area contributed by atoms with E-state index in [4.69, 9.17) is 11.6 Å². The maximum Gasteiger partial charge on any atom is 0.152 e. The van der Waals surface area contributed by atoms with Crippen LogP contribution in [-0.2, 0) is 6.54 Å². The zero-order valence-corrected chi connectivity index (χ0v) is 10.8. The van der Waals surface area contributed by atoms with E-state index >= 15 is 0 Å². The van der Waals surface area contributed by atoms with E-state index in [1.54, 1.807) is 0 Å². The number of pyridine rings is 1. The van der Waals surface area contributed by atoms with E-state index in [-0.39, 0.29) is 0 Å². The molecule has 1 aliphatic carbocycles. The Morgan fingerprint density at radius 2 is 2.28 bits per heavy atom. The number of imidazole rings is 1. The molecule has 2 aromatic rings. The lowest BCUT2D eigenvalue weighted by molar-refractivity contribution is -0.0315.